The van der Waals surface area contributed by atoms with E-state index in [0.717, 1.165) is 113 Å². The van der Waals surface area contributed by atoms with Crippen LogP contribution in [0.5, 0.6) is 0 Å². The first-order valence-electron chi connectivity index (χ1n) is 32.1. The normalized spacial score (nSPS) is 11.2. The number of benzene rings is 15. The fraction of sp³-hybridized carbons (Fsp3) is 0.0337. The smallest absolute Gasteiger partial charge is 0.0467 e. The van der Waals surface area contributed by atoms with Crippen molar-refractivity contribution >= 4 is 78.4 Å². The number of nitrogens with one attached hydrogen (secondary N) is 2. The van der Waals surface area contributed by atoms with E-state index in [-0.39, 0.29) is 0 Å². The van der Waals surface area contributed by atoms with Crippen LogP contribution in [0.4, 0.5) is 56.9 Å². The third kappa shape index (κ3) is 12.2. The van der Waals surface area contributed by atoms with Crippen molar-refractivity contribution in [3.05, 3.63) is 363 Å². The number of rotatable bonds is 17. The van der Waals surface area contributed by atoms with Gasteiger partial charge in [-0.25, -0.2) is 0 Å². The summed E-state index contributed by atoms with van der Waals surface area (Å²) in [4.78, 5) is 4.69. The molecular weight excluding hydrogens is 1130 g/mol. The van der Waals surface area contributed by atoms with Crippen molar-refractivity contribution in [1.82, 2.24) is 0 Å². The molecular formula is C89H68N4. The molecule has 4 heteroatoms. The minimum Gasteiger partial charge on any atom is -0.356 e. The van der Waals surface area contributed by atoms with Crippen LogP contribution in [0.3, 0.4) is 0 Å². The lowest BCUT2D eigenvalue weighted by Gasteiger charge is -2.26. The number of hydrogen-bond donors (Lipinski definition) is 2. The van der Waals surface area contributed by atoms with Crippen LogP contribution in [0, 0.1) is 0 Å². The first-order chi connectivity index (χ1) is 45.9. The molecule has 0 aliphatic carbocycles. The Bertz CT molecular complexity index is 4990. The van der Waals surface area contributed by atoms with Crippen LogP contribution in [-0.4, -0.2) is 0 Å². The van der Waals surface area contributed by atoms with Crippen molar-refractivity contribution in [3.8, 4) is 66.8 Å². The van der Waals surface area contributed by atoms with Crippen molar-refractivity contribution < 1.29 is 0 Å². The van der Waals surface area contributed by atoms with Gasteiger partial charge in [-0.15, -0.1) is 0 Å². The van der Waals surface area contributed by atoms with Crippen molar-refractivity contribution in [2.24, 2.45) is 0 Å². The Labute approximate surface area is 545 Å². The molecule has 0 aliphatic rings. The monoisotopic (exact) mass is 1190 g/mol. The summed E-state index contributed by atoms with van der Waals surface area (Å²) < 4.78 is 0. The van der Waals surface area contributed by atoms with Gasteiger partial charge in [0, 0.05) is 56.9 Å². The molecule has 0 bridgehead atoms. The first kappa shape index (κ1) is 57.5. The average molecular weight is 1190 g/mol. The Balaban J connectivity index is 0.929. The quantitative estimate of drug-likeness (QED) is 0.0890. The predicted molar refractivity (Wildman–Crippen MR) is 397 cm³/mol. The zero-order valence-corrected chi connectivity index (χ0v) is 52.0. The van der Waals surface area contributed by atoms with Gasteiger partial charge in [-0.3, -0.25) is 0 Å². The van der Waals surface area contributed by atoms with E-state index in [2.05, 4.69) is 392 Å². The van der Waals surface area contributed by atoms with E-state index in [4.69, 9.17) is 0 Å². The summed E-state index contributed by atoms with van der Waals surface area (Å²) in [6.45, 7) is 4.49. The van der Waals surface area contributed by atoms with Crippen molar-refractivity contribution in [2.45, 2.75) is 19.8 Å². The van der Waals surface area contributed by atoms with Gasteiger partial charge in [0.2, 0.25) is 0 Å². The Morgan fingerprint density at radius 1 is 0.204 bits per heavy atom. The molecule has 0 radical (unpaired) electrons. The minimum atomic E-state index is 0.417. The zero-order valence-electron chi connectivity index (χ0n) is 52.0. The second kappa shape index (κ2) is 25.9. The maximum absolute atomic E-state index is 3.77. The fourth-order valence-corrected chi connectivity index (χ4v) is 13.2. The molecule has 0 aromatic heterocycles. The third-order valence-electron chi connectivity index (χ3n) is 17.6. The summed E-state index contributed by atoms with van der Waals surface area (Å²) >= 11 is 0. The Morgan fingerprint density at radius 2 is 0.473 bits per heavy atom. The molecule has 2 N–H and O–H groups in total. The van der Waals surface area contributed by atoms with E-state index >= 15 is 0 Å². The highest BCUT2D eigenvalue weighted by atomic mass is 15.1. The topological polar surface area (TPSA) is 30.5 Å². The summed E-state index contributed by atoms with van der Waals surface area (Å²) in [5, 5.41) is 12.2. The molecule has 15 aromatic carbocycles. The molecule has 0 atom stereocenters. The molecule has 93 heavy (non-hydrogen) atoms. The summed E-state index contributed by atoms with van der Waals surface area (Å²) in [7, 11) is 0. The van der Waals surface area contributed by atoms with Crippen LogP contribution in [0.2, 0.25) is 0 Å². The molecule has 0 saturated carbocycles. The number of anilines is 10. The lowest BCUT2D eigenvalue weighted by Crippen LogP contribution is -2.09. The van der Waals surface area contributed by atoms with Crippen LogP contribution in [0.1, 0.15) is 25.3 Å². The SMILES string of the molecule is CC(C)c1cccc(Nc2cccc(-c3cc(-c4cccc(N(c5ccccc5)c5ccccc5)c4)cc(-c4c5ccccc5c(-c5cc(-c6cccc(Nc7ccccc7)c6)cc(-c6cccc(N(c7ccccc7)c7ccccc7)c6)c5)c5ccccc45)c3)c2)c1. The van der Waals surface area contributed by atoms with E-state index in [1.165, 1.54) is 38.2 Å². The van der Waals surface area contributed by atoms with Crippen LogP contribution in [0.15, 0.2) is 358 Å². The lowest BCUT2D eigenvalue weighted by molar-refractivity contribution is 0.867. The number of para-hydroxylation sites is 5. The number of fused-ring (bicyclic) bond motifs is 2. The van der Waals surface area contributed by atoms with E-state index in [0.29, 0.717) is 5.92 Å². The van der Waals surface area contributed by atoms with E-state index in [1.807, 2.05) is 0 Å². The van der Waals surface area contributed by atoms with Gasteiger partial charge in [0.1, 0.15) is 0 Å². The molecule has 15 aromatic rings. The minimum absolute atomic E-state index is 0.417. The average Bonchev–Trinajstić information content (AvgIpc) is 0.783. The Kier molecular flexibility index (Phi) is 16.0. The molecule has 0 fully saturated rings. The van der Waals surface area contributed by atoms with Crippen molar-refractivity contribution in [3.63, 3.8) is 0 Å². The van der Waals surface area contributed by atoms with Gasteiger partial charge in [0.25, 0.3) is 0 Å². The molecule has 0 amide bonds. The van der Waals surface area contributed by atoms with E-state index < -0.39 is 0 Å². The zero-order chi connectivity index (χ0) is 62.5. The fourth-order valence-electron chi connectivity index (χ4n) is 13.2. The number of hydrogen-bond acceptors (Lipinski definition) is 4. The van der Waals surface area contributed by atoms with Gasteiger partial charge in [-0.1, -0.05) is 214 Å². The standard InChI is InChI=1S/C89H68N4/c1-62(2)63-27-22-34-75(57-63)91-77-36-24-29-65(59-77)69-52-71(67-31-26-46-83(61-67)93(80-41-14-6-15-42-80)81-43-16-7-17-44-81)56-73(54-69)89-86-49-20-18-47-84(86)88(85-48-19-21-50-87(85)89)72-53-68(64-28-23-35-76(58-64)90-74-32-8-3-9-33-74)51-70(55-72)66-30-25-45-82(60-66)92(78-37-10-4-11-38-78)79-39-12-5-13-40-79/h3-62,90-91H,1-2H3. The maximum Gasteiger partial charge on any atom is 0.0467 e. The van der Waals surface area contributed by atoms with Gasteiger partial charge in [0.05, 0.1) is 0 Å². The largest absolute Gasteiger partial charge is 0.356 e. The Morgan fingerprint density at radius 3 is 0.839 bits per heavy atom. The summed E-state index contributed by atoms with van der Waals surface area (Å²) in [5.74, 6) is 0.417. The highest BCUT2D eigenvalue weighted by molar-refractivity contribution is 6.22. The van der Waals surface area contributed by atoms with Crippen LogP contribution in [-0.2, 0) is 0 Å². The summed E-state index contributed by atoms with van der Waals surface area (Å²) in [6.07, 6.45) is 0. The lowest BCUT2D eigenvalue weighted by atomic mass is 9.83. The highest BCUT2D eigenvalue weighted by Crippen LogP contribution is 2.48. The Hall–Kier alpha value is -12.0. The first-order valence-corrected chi connectivity index (χ1v) is 32.1. The summed E-state index contributed by atoms with van der Waals surface area (Å²) in [5.41, 5.74) is 25.5. The molecule has 15 rings (SSSR count). The van der Waals surface area contributed by atoms with Gasteiger partial charge in [-0.05, 0) is 258 Å². The van der Waals surface area contributed by atoms with Crippen molar-refractivity contribution in [1.29, 1.82) is 0 Å². The predicted octanol–water partition coefficient (Wildman–Crippen LogP) is 25.5. The van der Waals surface area contributed by atoms with Gasteiger partial charge >= 0.3 is 0 Å². The molecule has 0 aliphatic heterocycles. The van der Waals surface area contributed by atoms with E-state index in [9.17, 15) is 0 Å². The summed E-state index contributed by atoms with van der Waals surface area (Å²) in [6, 6.07) is 130. The van der Waals surface area contributed by atoms with Crippen LogP contribution in [0.25, 0.3) is 88.3 Å². The van der Waals surface area contributed by atoms with E-state index in [1.54, 1.807) is 0 Å². The molecule has 4 nitrogen and oxygen atoms in total. The van der Waals surface area contributed by atoms with Crippen LogP contribution < -0.4 is 20.4 Å². The molecule has 444 valence electrons. The van der Waals surface area contributed by atoms with Gasteiger partial charge in [0.15, 0.2) is 0 Å². The molecule has 0 saturated heterocycles. The van der Waals surface area contributed by atoms with Gasteiger partial charge in [-0.2, -0.15) is 0 Å². The second-order valence-electron chi connectivity index (χ2n) is 24.1. The molecule has 0 unspecified atom stereocenters. The van der Waals surface area contributed by atoms with Crippen molar-refractivity contribution in [2.75, 3.05) is 20.4 Å². The van der Waals surface area contributed by atoms with Gasteiger partial charge < -0.3 is 20.4 Å². The highest BCUT2D eigenvalue weighted by Gasteiger charge is 2.22. The maximum atomic E-state index is 3.77. The number of nitrogens with zero attached hydrogens (tertiary/aromatic N) is 2. The van der Waals surface area contributed by atoms with Crippen LogP contribution >= 0.6 is 0 Å². The molecule has 0 spiro atoms. The third-order valence-corrected chi connectivity index (χ3v) is 17.6. The second-order valence-corrected chi connectivity index (χ2v) is 24.1. The molecule has 0 heterocycles.